The Morgan fingerprint density at radius 1 is 1.26 bits per heavy atom. The number of aromatic nitrogens is 1. The predicted molar refractivity (Wildman–Crippen MR) is 129 cm³/mol. The number of nitrogens with zero attached hydrogens (tertiary/aromatic N) is 3. The van der Waals surface area contributed by atoms with E-state index in [0.717, 1.165) is 43.6 Å². The lowest BCUT2D eigenvalue weighted by molar-refractivity contribution is 0.0529. The average Bonchev–Trinajstić information content (AvgIpc) is 3.36. The van der Waals surface area contributed by atoms with E-state index in [-0.39, 0.29) is 11.5 Å². The van der Waals surface area contributed by atoms with E-state index in [1.807, 2.05) is 24.6 Å². The minimum absolute atomic E-state index is 0.239. The number of guanidine groups is 1. The van der Waals surface area contributed by atoms with Gasteiger partial charge in [0.15, 0.2) is 5.96 Å². The van der Waals surface area contributed by atoms with Crippen LogP contribution in [-0.2, 0) is 16.7 Å². The number of hydrogen-bond donors (Lipinski definition) is 2. The number of aliphatic imine (C=N–C) groups is 1. The van der Waals surface area contributed by atoms with E-state index >= 15 is 0 Å². The lowest BCUT2D eigenvalue weighted by Crippen LogP contribution is -2.46. The molecule has 1 aliphatic heterocycles. The molecule has 0 bridgehead atoms. The standard InChI is InChI=1S/C24H35N5OS/c1-19-17-29(12-13-30-19)22-9-8-20(15-26-22)16-27-23(25-2)28-18-24(10-4-3-5-11-24)21-7-6-14-31-21/h6-9,14-15,19H,3-5,10-13,16-18H2,1-2H3,(H2,25,27,28). The first-order valence-corrected chi connectivity index (χ1v) is 12.4. The van der Waals surface area contributed by atoms with Gasteiger partial charge in [0.05, 0.1) is 12.7 Å². The Labute approximate surface area is 190 Å². The molecule has 6 nitrogen and oxygen atoms in total. The number of ether oxygens (including phenoxy) is 1. The molecule has 0 spiro atoms. The van der Waals surface area contributed by atoms with Crippen LogP contribution in [0, 0.1) is 0 Å². The van der Waals surface area contributed by atoms with Crippen molar-refractivity contribution in [2.45, 2.75) is 57.1 Å². The van der Waals surface area contributed by atoms with Gasteiger partial charge in [-0.2, -0.15) is 0 Å². The van der Waals surface area contributed by atoms with Gasteiger partial charge in [-0.25, -0.2) is 4.98 Å². The Morgan fingerprint density at radius 2 is 2.13 bits per heavy atom. The zero-order valence-electron chi connectivity index (χ0n) is 18.8. The quantitative estimate of drug-likeness (QED) is 0.525. The molecule has 0 aromatic carbocycles. The molecule has 2 fully saturated rings. The van der Waals surface area contributed by atoms with Crippen LogP contribution in [0.15, 0.2) is 40.8 Å². The van der Waals surface area contributed by atoms with Crippen LogP contribution in [0.4, 0.5) is 5.82 Å². The minimum Gasteiger partial charge on any atom is -0.375 e. The van der Waals surface area contributed by atoms with Crippen LogP contribution in [0.3, 0.4) is 0 Å². The van der Waals surface area contributed by atoms with Gasteiger partial charge in [0.1, 0.15) is 5.82 Å². The number of thiophene rings is 1. The van der Waals surface area contributed by atoms with Gasteiger partial charge in [0, 0.05) is 49.7 Å². The van der Waals surface area contributed by atoms with E-state index in [1.54, 1.807) is 0 Å². The van der Waals surface area contributed by atoms with Crippen molar-refractivity contribution in [2.75, 3.05) is 38.2 Å². The Bertz CT molecular complexity index is 830. The SMILES string of the molecule is CN=C(NCc1ccc(N2CCOC(C)C2)nc1)NCC1(c2cccs2)CCCCC1. The summed E-state index contributed by atoms with van der Waals surface area (Å²) >= 11 is 1.89. The molecule has 2 aliphatic rings. The van der Waals surface area contributed by atoms with Gasteiger partial charge in [0.25, 0.3) is 0 Å². The topological polar surface area (TPSA) is 61.8 Å². The molecule has 2 aromatic rings. The molecule has 3 heterocycles. The largest absolute Gasteiger partial charge is 0.375 e. The third kappa shape index (κ3) is 5.57. The van der Waals surface area contributed by atoms with Crippen molar-refractivity contribution in [3.8, 4) is 0 Å². The van der Waals surface area contributed by atoms with Crippen molar-refractivity contribution in [1.82, 2.24) is 15.6 Å². The van der Waals surface area contributed by atoms with Crippen LogP contribution in [0.2, 0.25) is 0 Å². The van der Waals surface area contributed by atoms with Gasteiger partial charge < -0.3 is 20.3 Å². The summed E-state index contributed by atoms with van der Waals surface area (Å²) < 4.78 is 5.63. The molecule has 2 N–H and O–H groups in total. The number of rotatable bonds is 6. The van der Waals surface area contributed by atoms with Gasteiger partial charge in [-0.15, -0.1) is 11.3 Å². The van der Waals surface area contributed by atoms with E-state index < -0.39 is 0 Å². The second kappa shape index (κ2) is 10.5. The van der Waals surface area contributed by atoms with Crippen molar-refractivity contribution in [1.29, 1.82) is 0 Å². The average molecular weight is 442 g/mol. The van der Waals surface area contributed by atoms with E-state index in [4.69, 9.17) is 4.74 Å². The summed E-state index contributed by atoms with van der Waals surface area (Å²) in [5, 5.41) is 9.27. The van der Waals surface area contributed by atoms with Crippen LogP contribution < -0.4 is 15.5 Å². The van der Waals surface area contributed by atoms with E-state index in [0.29, 0.717) is 6.54 Å². The highest BCUT2D eigenvalue weighted by Gasteiger charge is 2.34. The van der Waals surface area contributed by atoms with Crippen LogP contribution in [-0.4, -0.2) is 50.3 Å². The molecule has 1 aliphatic carbocycles. The summed E-state index contributed by atoms with van der Waals surface area (Å²) in [4.78, 5) is 12.9. The molecule has 1 unspecified atom stereocenters. The number of morpholine rings is 1. The van der Waals surface area contributed by atoms with Crippen molar-refractivity contribution in [2.24, 2.45) is 4.99 Å². The highest BCUT2D eigenvalue weighted by atomic mass is 32.1. The Balaban J connectivity index is 1.31. The molecule has 0 radical (unpaired) electrons. The molecule has 31 heavy (non-hydrogen) atoms. The van der Waals surface area contributed by atoms with Crippen LogP contribution in [0.1, 0.15) is 49.5 Å². The first-order chi connectivity index (χ1) is 15.2. The maximum absolute atomic E-state index is 5.63. The molecule has 1 saturated heterocycles. The first-order valence-electron chi connectivity index (χ1n) is 11.5. The summed E-state index contributed by atoms with van der Waals surface area (Å²) in [6.45, 7) is 6.31. The molecule has 4 rings (SSSR count). The van der Waals surface area contributed by atoms with Gasteiger partial charge >= 0.3 is 0 Å². The lowest BCUT2D eigenvalue weighted by Gasteiger charge is -2.37. The van der Waals surface area contributed by atoms with Crippen molar-refractivity contribution in [3.05, 3.63) is 46.3 Å². The molecule has 0 amide bonds. The maximum Gasteiger partial charge on any atom is 0.191 e. The summed E-state index contributed by atoms with van der Waals surface area (Å²) in [6.07, 6.45) is 8.70. The van der Waals surface area contributed by atoms with Crippen molar-refractivity contribution >= 4 is 23.1 Å². The fourth-order valence-corrected chi connectivity index (χ4v) is 5.70. The molecule has 1 atom stereocenters. The van der Waals surface area contributed by atoms with Crippen LogP contribution in [0.5, 0.6) is 0 Å². The lowest BCUT2D eigenvalue weighted by atomic mass is 9.73. The van der Waals surface area contributed by atoms with Crippen molar-refractivity contribution < 1.29 is 4.74 Å². The Hall–Kier alpha value is -2.12. The summed E-state index contributed by atoms with van der Waals surface area (Å²) in [6, 6.07) is 8.74. The van der Waals surface area contributed by atoms with E-state index in [2.05, 4.69) is 62.1 Å². The monoisotopic (exact) mass is 441 g/mol. The third-order valence-corrected chi connectivity index (χ3v) is 7.62. The van der Waals surface area contributed by atoms with Crippen molar-refractivity contribution in [3.63, 3.8) is 0 Å². The highest BCUT2D eigenvalue weighted by Crippen LogP contribution is 2.41. The van der Waals surface area contributed by atoms with Crippen LogP contribution in [0.25, 0.3) is 0 Å². The second-order valence-corrected chi connectivity index (χ2v) is 9.70. The van der Waals surface area contributed by atoms with Crippen LogP contribution >= 0.6 is 11.3 Å². The molecule has 2 aromatic heterocycles. The maximum atomic E-state index is 5.63. The predicted octanol–water partition coefficient (Wildman–Crippen LogP) is 3.94. The number of anilines is 1. The number of nitrogens with one attached hydrogen (secondary N) is 2. The fraction of sp³-hybridized carbons (Fsp3) is 0.583. The summed E-state index contributed by atoms with van der Waals surface area (Å²) in [5.74, 6) is 1.88. The second-order valence-electron chi connectivity index (χ2n) is 8.75. The summed E-state index contributed by atoms with van der Waals surface area (Å²) in [5.41, 5.74) is 1.39. The first kappa shape index (κ1) is 22.1. The third-order valence-electron chi connectivity index (χ3n) is 6.51. The zero-order valence-corrected chi connectivity index (χ0v) is 19.6. The van der Waals surface area contributed by atoms with Gasteiger partial charge in [-0.05, 0) is 42.8 Å². The van der Waals surface area contributed by atoms with Gasteiger partial charge in [-0.1, -0.05) is 31.4 Å². The Morgan fingerprint density at radius 3 is 2.81 bits per heavy atom. The molecule has 168 valence electrons. The molecule has 7 heteroatoms. The van der Waals surface area contributed by atoms with E-state index in [9.17, 15) is 0 Å². The normalized spacial score (nSPS) is 21.7. The molecule has 1 saturated carbocycles. The van der Waals surface area contributed by atoms with Gasteiger partial charge in [0.2, 0.25) is 0 Å². The number of pyridine rings is 1. The minimum atomic E-state index is 0.239. The highest BCUT2D eigenvalue weighted by molar-refractivity contribution is 7.10. The Kier molecular flexibility index (Phi) is 7.45. The smallest absolute Gasteiger partial charge is 0.191 e. The zero-order chi connectivity index (χ0) is 21.5. The number of hydrogen-bond acceptors (Lipinski definition) is 5. The van der Waals surface area contributed by atoms with E-state index in [1.165, 1.54) is 37.0 Å². The molecular formula is C24H35N5OS. The fourth-order valence-electron chi connectivity index (χ4n) is 4.71. The van der Waals surface area contributed by atoms with Gasteiger partial charge in [-0.3, -0.25) is 4.99 Å². The summed E-state index contributed by atoms with van der Waals surface area (Å²) in [7, 11) is 1.84. The molecular weight excluding hydrogens is 406 g/mol.